The molecule has 0 fully saturated rings. The number of rotatable bonds is 0. The van der Waals surface area contributed by atoms with Gasteiger partial charge in [-0.3, -0.25) is 0 Å². The molecule has 0 radical (unpaired) electrons. The molecule has 0 spiro atoms. The Balaban J connectivity index is 4.53. The Kier molecular flexibility index (Phi) is 6.37. The molecule has 1 unspecified atom stereocenters. The molecule has 1 rings (SSSR count). The van der Waals surface area contributed by atoms with Gasteiger partial charge in [0.1, 0.15) is 0 Å². The van der Waals surface area contributed by atoms with Gasteiger partial charge < -0.3 is 0 Å². The minimum atomic E-state index is -7.59. The van der Waals surface area contributed by atoms with Gasteiger partial charge in [0, 0.05) is 5.57 Å². The van der Waals surface area contributed by atoms with Gasteiger partial charge in [-0.1, -0.05) is 0 Å². The zero-order valence-electron chi connectivity index (χ0n) is 13.0. The second-order valence-electron chi connectivity index (χ2n) is 5.61. The molecule has 0 saturated carbocycles. The van der Waals surface area contributed by atoms with Crippen molar-refractivity contribution < 1.29 is 79.0 Å². The highest BCUT2D eigenvalue weighted by molar-refractivity contribution is 6.72. The maximum absolute atomic E-state index is 13.0. The standard InChI is InChI=1S/C10HF15.CF3.Al/c11-6(12,13)1-3(8(17,18)19)5(10(23,24)25)4(9(20,21)22)2-7(14,15)16;2-1(3)4;/h1H;;. The van der Waals surface area contributed by atoms with Crippen molar-refractivity contribution >= 4 is 14.1 Å². The first kappa shape index (κ1) is 26.8. The van der Waals surface area contributed by atoms with Gasteiger partial charge in [-0.25, -0.2) is 0 Å². The average Bonchev–Trinajstić information content (AvgIpc) is 2.37. The van der Waals surface area contributed by atoms with E-state index in [-0.39, 0.29) is 0 Å². The maximum Gasteiger partial charge on any atom is 0.491 e. The highest BCUT2D eigenvalue weighted by Crippen LogP contribution is 2.62. The highest BCUT2D eigenvalue weighted by atomic mass is 27.2. The van der Waals surface area contributed by atoms with Crippen molar-refractivity contribution in [2.45, 2.75) is 40.7 Å². The van der Waals surface area contributed by atoms with E-state index in [1.165, 1.54) is 0 Å². The first-order valence-electron chi connectivity index (χ1n) is 6.64. The maximum atomic E-state index is 13.0. The molecule has 1 heterocycles. The number of hydrogen-bond acceptors (Lipinski definition) is 0. The van der Waals surface area contributed by atoms with Gasteiger partial charge in [-0.05, 0) is 4.44 Å². The van der Waals surface area contributed by atoms with E-state index in [0.29, 0.717) is 0 Å². The lowest BCUT2D eigenvalue weighted by Crippen LogP contribution is -2.56. The van der Waals surface area contributed by atoms with E-state index in [1.54, 1.807) is 0 Å². The molecule has 19 heteroatoms. The molecule has 1 aliphatic heterocycles. The molecule has 0 aliphatic carbocycles. The number of hydrogen-bond donors (Lipinski definition) is 0. The lowest BCUT2D eigenvalue weighted by Gasteiger charge is -2.39. The van der Waals surface area contributed by atoms with Crippen molar-refractivity contribution in [1.82, 2.24) is 0 Å². The quantitative estimate of drug-likeness (QED) is 0.250. The van der Waals surface area contributed by atoms with Crippen LogP contribution in [-0.2, 0) is 0 Å². The van der Waals surface area contributed by atoms with Crippen LogP contribution in [0.5, 0.6) is 0 Å². The molecule has 1 aliphatic rings. The van der Waals surface area contributed by atoms with Crippen LogP contribution in [0.2, 0.25) is 4.78 Å². The summed E-state index contributed by atoms with van der Waals surface area (Å²) in [5.74, 6) is 0. The number of alkyl halides is 18. The zero-order valence-corrected chi connectivity index (χ0v) is 14.1. The Bertz CT molecular complexity index is 665. The minimum Gasteiger partial charge on any atom is -0.190 e. The summed E-state index contributed by atoms with van der Waals surface area (Å²) in [6, 6.07) is 0. The predicted octanol–water partition coefficient (Wildman–Crippen LogP) is 6.91. The molecule has 0 aromatic rings. The molecule has 1 atom stereocenters. The number of halogens is 18. The zero-order chi connectivity index (χ0) is 24.5. The van der Waals surface area contributed by atoms with Crippen molar-refractivity contribution in [2.24, 2.45) is 0 Å². The molecule has 174 valence electrons. The molecular formula is C11HAlF18. The molecule has 0 amide bonds. The van der Waals surface area contributed by atoms with Crippen molar-refractivity contribution in [3.05, 3.63) is 21.2 Å². The van der Waals surface area contributed by atoms with Crippen LogP contribution in [0.1, 0.15) is 0 Å². The third-order valence-corrected chi connectivity index (χ3v) is 6.95. The molecule has 0 aromatic carbocycles. The summed E-state index contributed by atoms with van der Waals surface area (Å²) in [7, 11) is 0. The summed E-state index contributed by atoms with van der Waals surface area (Å²) in [5, 5.41) is -6.98. The highest BCUT2D eigenvalue weighted by Gasteiger charge is 2.76. The van der Waals surface area contributed by atoms with Crippen molar-refractivity contribution in [1.29, 1.82) is 0 Å². The summed E-state index contributed by atoms with van der Waals surface area (Å²) in [6.45, 7) is 0. The lowest BCUT2D eigenvalue weighted by atomic mass is 9.93. The van der Waals surface area contributed by atoms with E-state index in [9.17, 15) is 79.0 Å². The van der Waals surface area contributed by atoms with Crippen LogP contribution in [0.15, 0.2) is 21.2 Å². The van der Waals surface area contributed by atoms with E-state index in [1.807, 2.05) is 0 Å². The smallest absolute Gasteiger partial charge is 0.190 e. The van der Waals surface area contributed by atoms with E-state index in [0.717, 1.165) is 0 Å². The summed E-state index contributed by atoms with van der Waals surface area (Å²) in [6.07, 6.45) is -35.7. The lowest BCUT2D eigenvalue weighted by molar-refractivity contribution is -0.167. The average molecular weight is 502 g/mol. The van der Waals surface area contributed by atoms with Gasteiger partial charge in [-0.2, -0.15) is 79.0 Å². The number of allylic oxidation sites excluding steroid dienone is 4. The Hall–Kier alpha value is -1.25. The predicted molar refractivity (Wildman–Crippen MR) is 59.9 cm³/mol. The summed E-state index contributed by atoms with van der Waals surface area (Å²) in [5.41, 5.74) is -13.4. The van der Waals surface area contributed by atoms with Gasteiger partial charge in [-0.15, -0.1) is 0 Å². The molecule has 0 N–H and O–H groups in total. The first-order valence-corrected chi connectivity index (χ1v) is 8.46. The van der Waals surface area contributed by atoms with Crippen molar-refractivity contribution in [2.75, 3.05) is 0 Å². The molecule has 0 aromatic heterocycles. The fourth-order valence-corrected chi connectivity index (χ4v) is 5.92. The van der Waals surface area contributed by atoms with E-state index >= 15 is 0 Å². The van der Waals surface area contributed by atoms with Crippen LogP contribution in [0.3, 0.4) is 0 Å². The van der Waals surface area contributed by atoms with E-state index in [2.05, 4.69) is 0 Å². The molecule has 0 saturated heterocycles. The Labute approximate surface area is 156 Å². The third kappa shape index (κ3) is 5.14. The molecule has 0 bridgehead atoms. The summed E-state index contributed by atoms with van der Waals surface area (Å²) < 4.78 is 224. The fraction of sp³-hybridized carbons (Fsp3) is 0.636. The monoisotopic (exact) mass is 502 g/mol. The third-order valence-electron chi connectivity index (χ3n) is 3.63. The Morgan fingerprint density at radius 1 is 0.467 bits per heavy atom. The van der Waals surface area contributed by atoms with Crippen LogP contribution in [0.25, 0.3) is 0 Å². The van der Waals surface area contributed by atoms with Gasteiger partial charge in [0.2, 0.25) is 0 Å². The molecule has 30 heavy (non-hydrogen) atoms. The largest absolute Gasteiger partial charge is 0.491 e. The topological polar surface area (TPSA) is 0 Å². The summed E-state index contributed by atoms with van der Waals surface area (Å²) in [4.78, 5) is 0. The minimum absolute atomic E-state index is 4.34. The van der Waals surface area contributed by atoms with Crippen LogP contribution < -0.4 is 0 Å². The van der Waals surface area contributed by atoms with Crippen LogP contribution in [0, 0.1) is 0 Å². The second kappa shape index (κ2) is 7.14. The fourth-order valence-electron chi connectivity index (χ4n) is 2.84. The van der Waals surface area contributed by atoms with E-state index < -0.39 is 76.0 Å². The SMILES string of the molecule is FC(F)(F)C1=C(C(F)(F)F)[CH](C(F)(F)F)[Al]([C](F)(F)F)[C](C(F)(F)F)=C1C(F)(F)F. The van der Waals surface area contributed by atoms with Crippen LogP contribution in [-0.4, -0.2) is 50.1 Å². The van der Waals surface area contributed by atoms with Gasteiger partial charge in [0.05, 0.1) is 15.9 Å². The second-order valence-corrected chi connectivity index (χ2v) is 8.46. The van der Waals surface area contributed by atoms with Crippen molar-refractivity contribution in [3.63, 3.8) is 0 Å². The molecular weight excluding hydrogens is 501 g/mol. The van der Waals surface area contributed by atoms with Crippen LogP contribution >= 0.6 is 0 Å². The van der Waals surface area contributed by atoms with Gasteiger partial charge in [0.25, 0.3) is 0 Å². The Morgan fingerprint density at radius 2 is 0.833 bits per heavy atom. The van der Waals surface area contributed by atoms with E-state index in [4.69, 9.17) is 0 Å². The van der Waals surface area contributed by atoms with Gasteiger partial charge in [0.15, 0.2) is 0 Å². The van der Waals surface area contributed by atoms with Gasteiger partial charge >= 0.3 is 50.1 Å². The normalized spacial score (nSPS) is 21.0. The van der Waals surface area contributed by atoms with Crippen molar-refractivity contribution in [3.8, 4) is 0 Å². The first-order chi connectivity index (χ1) is 12.7. The summed E-state index contributed by atoms with van der Waals surface area (Å²) >= 11 is -7.59. The molecule has 0 nitrogen and oxygen atoms in total. The van der Waals surface area contributed by atoms with Crippen LogP contribution in [0.4, 0.5) is 79.0 Å². The Morgan fingerprint density at radius 3 is 1.03 bits per heavy atom.